The third-order valence-corrected chi connectivity index (χ3v) is 5.22. The van der Waals surface area contributed by atoms with Gasteiger partial charge in [-0.15, -0.1) is 11.3 Å². The highest BCUT2D eigenvalue weighted by atomic mass is 35.5. The maximum absolute atomic E-state index is 6.10. The van der Waals surface area contributed by atoms with Gasteiger partial charge in [-0.1, -0.05) is 11.6 Å². The zero-order valence-corrected chi connectivity index (χ0v) is 12.3. The van der Waals surface area contributed by atoms with Gasteiger partial charge in [-0.05, 0) is 34.5 Å². The van der Waals surface area contributed by atoms with Crippen LogP contribution in [-0.2, 0) is 0 Å². The first kappa shape index (κ1) is 12.6. The van der Waals surface area contributed by atoms with Crippen LogP contribution < -0.4 is 5.32 Å². The fraction of sp³-hybridized carbons (Fsp3) is 0.385. The van der Waals surface area contributed by atoms with Crippen molar-refractivity contribution in [2.24, 2.45) is 0 Å². The highest BCUT2D eigenvalue weighted by Crippen LogP contribution is 2.36. The molecule has 2 aromatic heterocycles. The van der Waals surface area contributed by atoms with Crippen LogP contribution in [0.3, 0.4) is 0 Å². The van der Waals surface area contributed by atoms with Crippen LogP contribution in [-0.4, -0.2) is 31.1 Å². The lowest BCUT2D eigenvalue weighted by Gasteiger charge is -2.34. The summed E-state index contributed by atoms with van der Waals surface area (Å²) in [7, 11) is 0. The third kappa shape index (κ3) is 2.63. The molecule has 0 radical (unpaired) electrons. The molecule has 3 heterocycles. The first-order valence-corrected chi connectivity index (χ1v) is 8.20. The van der Waals surface area contributed by atoms with E-state index in [0.29, 0.717) is 6.04 Å². The van der Waals surface area contributed by atoms with E-state index in [1.807, 2.05) is 6.07 Å². The van der Waals surface area contributed by atoms with E-state index in [0.717, 1.165) is 30.5 Å². The van der Waals surface area contributed by atoms with Crippen LogP contribution in [0.4, 0.5) is 0 Å². The van der Waals surface area contributed by atoms with Gasteiger partial charge in [0.25, 0.3) is 0 Å². The number of nitrogens with one attached hydrogen (secondary N) is 1. The standard InChI is InChI=1S/C13H15ClN2S2/c14-12-2-1-11(18-12)13(10-3-8-17-9-10)16-6-4-15-5-7-16/h1-3,8-9,13,15H,4-7H2. The quantitative estimate of drug-likeness (QED) is 0.933. The second kappa shape index (κ2) is 5.72. The van der Waals surface area contributed by atoms with Crippen molar-refractivity contribution in [3.8, 4) is 0 Å². The minimum absolute atomic E-state index is 0.371. The SMILES string of the molecule is Clc1ccc(C(c2ccsc2)N2CCNCC2)s1. The molecule has 0 saturated carbocycles. The first-order valence-electron chi connectivity index (χ1n) is 6.07. The van der Waals surface area contributed by atoms with Crippen LogP contribution in [0.1, 0.15) is 16.5 Å². The van der Waals surface area contributed by atoms with E-state index in [4.69, 9.17) is 11.6 Å². The molecule has 18 heavy (non-hydrogen) atoms. The van der Waals surface area contributed by atoms with Crippen molar-refractivity contribution >= 4 is 34.3 Å². The smallest absolute Gasteiger partial charge is 0.0931 e. The van der Waals surface area contributed by atoms with Crippen LogP contribution in [0.15, 0.2) is 29.0 Å². The van der Waals surface area contributed by atoms with Gasteiger partial charge in [0, 0.05) is 31.1 Å². The number of thiophene rings is 2. The highest BCUT2D eigenvalue weighted by Gasteiger charge is 2.25. The minimum atomic E-state index is 0.371. The van der Waals surface area contributed by atoms with Gasteiger partial charge >= 0.3 is 0 Å². The predicted octanol–water partition coefficient (Wildman–Crippen LogP) is 3.46. The first-order chi connectivity index (χ1) is 8.84. The fourth-order valence-corrected chi connectivity index (χ4v) is 4.30. The largest absolute Gasteiger partial charge is 0.314 e. The van der Waals surface area contributed by atoms with E-state index in [1.54, 1.807) is 22.7 Å². The van der Waals surface area contributed by atoms with E-state index in [9.17, 15) is 0 Å². The summed E-state index contributed by atoms with van der Waals surface area (Å²) >= 11 is 9.55. The van der Waals surface area contributed by atoms with E-state index >= 15 is 0 Å². The van der Waals surface area contributed by atoms with Crippen molar-refractivity contribution in [2.75, 3.05) is 26.2 Å². The molecule has 0 spiro atoms. The Morgan fingerprint density at radius 3 is 2.67 bits per heavy atom. The van der Waals surface area contributed by atoms with Gasteiger partial charge in [0.1, 0.15) is 0 Å². The van der Waals surface area contributed by atoms with Gasteiger partial charge < -0.3 is 5.32 Å². The van der Waals surface area contributed by atoms with Crippen LogP contribution in [0.25, 0.3) is 0 Å². The molecule has 0 aliphatic carbocycles. The number of hydrogen-bond donors (Lipinski definition) is 1. The van der Waals surface area contributed by atoms with Crippen LogP contribution in [0.5, 0.6) is 0 Å². The molecule has 96 valence electrons. The second-order valence-electron chi connectivity index (χ2n) is 4.39. The minimum Gasteiger partial charge on any atom is -0.314 e. The highest BCUT2D eigenvalue weighted by molar-refractivity contribution is 7.16. The second-order valence-corrected chi connectivity index (χ2v) is 6.91. The Kier molecular flexibility index (Phi) is 4.01. The molecule has 0 aromatic carbocycles. The number of hydrogen-bond acceptors (Lipinski definition) is 4. The lowest BCUT2D eigenvalue weighted by atomic mass is 10.1. The Labute approximate surface area is 120 Å². The molecule has 1 fully saturated rings. The number of piperazine rings is 1. The zero-order chi connectivity index (χ0) is 12.4. The van der Waals surface area contributed by atoms with Crippen molar-refractivity contribution in [2.45, 2.75) is 6.04 Å². The Morgan fingerprint density at radius 1 is 1.22 bits per heavy atom. The predicted molar refractivity (Wildman–Crippen MR) is 79.9 cm³/mol. The molecule has 1 unspecified atom stereocenters. The molecular formula is C13H15ClN2S2. The molecule has 1 aliphatic heterocycles. The normalized spacial score (nSPS) is 18.9. The number of halogens is 1. The molecule has 0 amide bonds. The van der Waals surface area contributed by atoms with Gasteiger partial charge in [0.15, 0.2) is 0 Å². The third-order valence-electron chi connectivity index (χ3n) is 3.24. The van der Waals surface area contributed by atoms with Crippen LogP contribution in [0, 0.1) is 0 Å². The number of rotatable bonds is 3. The van der Waals surface area contributed by atoms with Gasteiger partial charge in [-0.2, -0.15) is 11.3 Å². The average molecular weight is 299 g/mol. The summed E-state index contributed by atoms with van der Waals surface area (Å²) in [5.74, 6) is 0. The zero-order valence-electron chi connectivity index (χ0n) is 9.93. The van der Waals surface area contributed by atoms with E-state index in [2.05, 4.69) is 33.1 Å². The average Bonchev–Trinajstić information content (AvgIpc) is 3.04. The molecule has 1 N–H and O–H groups in total. The summed E-state index contributed by atoms with van der Waals surface area (Å²) in [4.78, 5) is 3.89. The van der Waals surface area contributed by atoms with Gasteiger partial charge in [-0.3, -0.25) is 4.90 Å². The molecule has 3 rings (SSSR count). The van der Waals surface area contributed by atoms with Crippen LogP contribution in [0.2, 0.25) is 4.34 Å². The summed E-state index contributed by atoms with van der Waals surface area (Å²) in [5, 5.41) is 7.81. The Morgan fingerprint density at radius 2 is 2.06 bits per heavy atom. The van der Waals surface area contributed by atoms with Crippen molar-refractivity contribution in [3.05, 3.63) is 43.7 Å². The van der Waals surface area contributed by atoms with Crippen LogP contribution >= 0.6 is 34.3 Å². The van der Waals surface area contributed by atoms with Crippen molar-refractivity contribution in [3.63, 3.8) is 0 Å². The van der Waals surface area contributed by atoms with Gasteiger partial charge in [0.05, 0.1) is 10.4 Å². The molecular weight excluding hydrogens is 284 g/mol. The lowest BCUT2D eigenvalue weighted by molar-refractivity contribution is 0.201. The summed E-state index contributed by atoms with van der Waals surface area (Å²) in [5.41, 5.74) is 1.39. The number of nitrogens with zero attached hydrogens (tertiary/aromatic N) is 1. The van der Waals surface area contributed by atoms with E-state index in [1.165, 1.54) is 10.4 Å². The topological polar surface area (TPSA) is 15.3 Å². The Balaban J connectivity index is 1.92. The maximum Gasteiger partial charge on any atom is 0.0931 e. The van der Waals surface area contributed by atoms with Crippen molar-refractivity contribution in [1.82, 2.24) is 10.2 Å². The molecule has 1 aliphatic rings. The fourth-order valence-electron chi connectivity index (χ4n) is 2.40. The van der Waals surface area contributed by atoms with E-state index in [-0.39, 0.29) is 0 Å². The van der Waals surface area contributed by atoms with Crippen molar-refractivity contribution in [1.29, 1.82) is 0 Å². The monoisotopic (exact) mass is 298 g/mol. The summed E-state index contributed by atoms with van der Waals surface area (Å²) in [6.07, 6.45) is 0. The maximum atomic E-state index is 6.10. The molecule has 2 aromatic rings. The van der Waals surface area contributed by atoms with Crippen molar-refractivity contribution < 1.29 is 0 Å². The Hall–Kier alpha value is -0.390. The molecule has 2 nitrogen and oxygen atoms in total. The van der Waals surface area contributed by atoms with Gasteiger partial charge in [0.2, 0.25) is 0 Å². The summed E-state index contributed by atoms with van der Waals surface area (Å²) in [6.45, 7) is 4.32. The Bertz CT molecular complexity index is 489. The van der Waals surface area contributed by atoms with Gasteiger partial charge in [-0.25, -0.2) is 0 Å². The summed E-state index contributed by atoms with van der Waals surface area (Å²) in [6, 6.07) is 6.77. The molecule has 1 atom stereocenters. The molecule has 1 saturated heterocycles. The lowest BCUT2D eigenvalue weighted by Crippen LogP contribution is -2.45. The summed E-state index contributed by atoms with van der Waals surface area (Å²) < 4.78 is 0.875. The molecule has 5 heteroatoms. The molecule has 0 bridgehead atoms. The van der Waals surface area contributed by atoms with E-state index < -0.39 is 0 Å².